The van der Waals surface area contributed by atoms with Gasteiger partial charge < -0.3 is 15.0 Å². The molecule has 0 spiro atoms. The molecule has 0 radical (unpaired) electrons. The van der Waals surface area contributed by atoms with Gasteiger partial charge >= 0.3 is 0 Å². The van der Waals surface area contributed by atoms with E-state index in [1.165, 1.54) is 0 Å². The van der Waals surface area contributed by atoms with Gasteiger partial charge in [-0.25, -0.2) is 9.97 Å². The number of nitrogens with zero attached hydrogens (tertiary/aromatic N) is 4. The zero-order chi connectivity index (χ0) is 18.1. The molecule has 4 rings (SSSR count). The highest BCUT2D eigenvalue weighted by Crippen LogP contribution is 2.24. The van der Waals surface area contributed by atoms with Gasteiger partial charge in [-0.05, 0) is 37.1 Å². The summed E-state index contributed by atoms with van der Waals surface area (Å²) in [7, 11) is 0. The summed E-state index contributed by atoms with van der Waals surface area (Å²) in [6.45, 7) is 6.71. The van der Waals surface area contributed by atoms with E-state index in [9.17, 15) is 4.79 Å². The van der Waals surface area contributed by atoms with Crippen molar-refractivity contribution in [2.24, 2.45) is 0 Å². The Bertz CT molecular complexity index is 1010. The summed E-state index contributed by atoms with van der Waals surface area (Å²) in [6.07, 6.45) is 3.55. The second-order valence-electron chi connectivity index (χ2n) is 6.47. The average Bonchev–Trinajstić information content (AvgIpc) is 2.65. The van der Waals surface area contributed by atoms with E-state index in [2.05, 4.69) is 15.2 Å². The van der Waals surface area contributed by atoms with Crippen molar-refractivity contribution >= 4 is 23.0 Å². The van der Waals surface area contributed by atoms with Gasteiger partial charge in [-0.3, -0.25) is 9.20 Å². The molecule has 0 amide bonds. The Morgan fingerprint density at radius 3 is 2.77 bits per heavy atom. The third kappa shape index (κ3) is 3.13. The lowest BCUT2D eigenvalue weighted by atomic mass is 10.2. The monoisotopic (exact) mass is 351 g/mol. The van der Waals surface area contributed by atoms with Crippen LogP contribution in [0.15, 0.2) is 41.5 Å². The Kier molecular flexibility index (Phi) is 4.30. The van der Waals surface area contributed by atoms with Gasteiger partial charge in [0.25, 0.3) is 5.56 Å². The number of aryl methyl sites for hydroxylation is 2. The van der Waals surface area contributed by atoms with Crippen molar-refractivity contribution in [3.63, 3.8) is 0 Å². The normalized spacial score (nSPS) is 14.6. The Hall–Kier alpha value is -2.93. The molecule has 7 nitrogen and oxygen atoms in total. The van der Waals surface area contributed by atoms with E-state index in [4.69, 9.17) is 9.72 Å². The lowest BCUT2D eigenvalue weighted by Gasteiger charge is -2.28. The zero-order valence-electron chi connectivity index (χ0n) is 14.9. The van der Waals surface area contributed by atoms with Crippen molar-refractivity contribution in [1.82, 2.24) is 14.4 Å². The van der Waals surface area contributed by atoms with E-state index in [1.807, 2.05) is 38.2 Å². The van der Waals surface area contributed by atoms with E-state index in [1.54, 1.807) is 16.7 Å². The molecule has 1 fully saturated rings. The number of nitrogens with one attached hydrogen (secondary N) is 1. The quantitative estimate of drug-likeness (QED) is 0.781. The Balaban J connectivity index is 1.84. The molecule has 7 heteroatoms. The summed E-state index contributed by atoms with van der Waals surface area (Å²) < 4.78 is 6.98. The molecule has 1 aliphatic heterocycles. The van der Waals surface area contributed by atoms with Gasteiger partial charge in [0.2, 0.25) is 0 Å². The Morgan fingerprint density at radius 1 is 1.19 bits per heavy atom. The van der Waals surface area contributed by atoms with E-state index in [0.717, 1.165) is 35.7 Å². The standard InChI is InChI=1S/C19H21N5O2/c1-13-10-15(21-18-14(2)4-3-5-20-18)19-22-16(11-17(25)24(19)12-13)23-6-8-26-9-7-23/h3-5,10-12H,6-9H2,1-2H3,(H,20,21). The Morgan fingerprint density at radius 2 is 2.00 bits per heavy atom. The molecule has 0 bridgehead atoms. The fourth-order valence-corrected chi connectivity index (χ4v) is 3.12. The van der Waals surface area contributed by atoms with Crippen LogP contribution in [0.3, 0.4) is 0 Å². The lowest BCUT2D eigenvalue weighted by Crippen LogP contribution is -2.37. The molecular weight excluding hydrogens is 330 g/mol. The number of aromatic nitrogens is 3. The third-order valence-electron chi connectivity index (χ3n) is 4.48. The first kappa shape index (κ1) is 16.5. The minimum absolute atomic E-state index is 0.0963. The second kappa shape index (κ2) is 6.76. The maximum Gasteiger partial charge on any atom is 0.260 e. The topological polar surface area (TPSA) is 71.8 Å². The number of rotatable bonds is 3. The lowest BCUT2D eigenvalue weighted by molar-refractivity contribution is 0.122. The van der Waals surface area contributed by atoms with Crippen LogP contribution in [0.4, 0.5) is 17.3 Å². The molecule has 3 aromatic rings. The van der Waals surface area contributed by atoms with Gasteiger partial charge in [0, 0.05) is 31.5 Å². The average molecular weight is 351 g/mol. The first-order chi connectivity index (χ1) is 12.6. The fourth-order valence-electron chi connectivity index (χ4n) is 3.12. The van der Waals surface area contributed by atoms with Crippen LogP contribution in [-0.2, 0) is 4.74 Å². The number of fused-ring (bicyclic) bond motifs is 1. The van der Waals surface area contributed by atoms with Crippen LogP contribution in [0.25, 0.3) is 5.65 Å². The fraction of sp³-hybridized carbons (Fsp3) is 0.316. The van der Waals surface area contributed by atoms with Gasteiger partial charge in [0.05, 0.1) is 18.9 Å². The van der Waals surface area contributed by atoms with Gasteiger partial charge in [-0.2, -0.15) is 0 Å². The van der Waals surface area contributed by atoms with E-state index in [-0.39, 0.29) is 5.56 Å². The van der Waals surface area contributed by atoms with Crippen molar-refractivity contribution in [2.75, 3.05) is 36.5 Å². The zero-order valence-corrected chi connectivity index (χ0v) is 14.9. The smallest absolute Gasteiger partial charge is 0.260 e. The van der Waals surface area contributed by atoms with Crippen LogP contribution >= 0.6 is 0 Å². The highest BCUT2D eigenvalue weighted by atomic mass is 16.5. The van der Waals surface area contributed by atoms with Gasteiger partial charge in [0.15, 0.2) is 5.65 Å². The molecular formula is C19H21N5O2. The molecule has 134 valence electrons. The summed E-state index contributed by atoms with van der Waals surface area (Å²) in [5.41, 5.74) is 3.25. The second-order valence-corrected chi connectivity index (χ2v) is 6.47. The summed E-state index contributed by atoms with van der Waals surface area (Å²) in [6, 6.07) is 7.47. The van der Waals surface area contributed by atoms with Crippen molar-refractivity contribution < 1.29 is 4.74 Å². The SMILES string of the molecule is Cc1cc(Nc2ncccc2C)c2nc(N3CCOCC3)cc(=O)n2c1. The van der Waals surface area contributed by atoms with E-state index in [0.29, 0.717) is 24.7 Å². The van der Waals surface area contributed by atoms with Crippen LogP contribution in [0.2, 0.25) is 0 Å². The molecule has 1 N–H and O–H groups in total. The van der Waals surface area contributed by atoms with Crippen molar-refractivity contribution in [3.05, 3.63) is 58.1 Å². The third-order valence-corrected chi connectivity index (χ3v) is 4.48. The molecule has 0 aliphatic carbocycles. The van der Waals surface area contributed by atoms with Gasteiger partial charge in [-0.15, -0.1) is 0 Å². The molecule has 0 aromatic carbocycles. The summed E-state index contributed by atoms with van der Waals surface area (Å²) >= 11 is 0. The number of ether oxygens (including phenoxy) is 1. The molecule has 3 aromatic heterocycles. The van der Waals surface area contributed by atoms with Crippen LogP contribution in [0.5, 0.6) is 0 Å². The molecule has 1 saturated heterocycles. The van der Waals surface area contributed by atoms with Crippen LogP contribution in [0, 0.1) is 13.8 Å². The number of hydrogen-bond acceptors (Lipinski definition) is 6. The predicted octanol–water partition coefficient (Wildman–Crippen LogP) is 2.29. The van der Waals surface area contributed by atoms with Crippen LogP contribution in [-0.4, -0.2) is 40.7 Å². The largest absolute Gasteiger partial charge is 0.378 e. The number of hydrogen-bond donors (Lipinski definition) is 1. The highest BCUT2D eigenvalue weighted by Gasteiger charge is 2.16. The molecule has 4 heterocycles. The maximum atomic E-state index is 12.7. The summed E-state index contributed by atoms with van der Waals surface area (Å²) in [5, 5.41) is 3.34. The minimum Gasteiger partial charge on any atom is -0.378 e. The molecule has 26 heavy (non-hydrogen) atoms. The molecule has 1 aliphatic rings. The number of anilines is 3. The van der Waals surface area contributed by atoms with Gasteiger partial charge in [0.1, 0.15) is 11.6 Å². The van der Waals surface area contributed by atoms with Crippen LogP contribution < -0.4 is 15.8 Å². The van der Waals surface area contributed by atoms with Crippen molar-refractivity contribution in [2.45, 2.75) is 13.8 Å². The first-order valence-corrected chi connectivity index (χ1v) is 8.67. The Labute approximate surface area is 151 Å². The summed E-state index contributed by atoms with van der Waals surface area (Å²) in [4.78, 5) is 23.9. The maximum absolute atomic E-state index is 12.7. The van der Waals surface area contributed by atoms with E-state index < -0.39 is 0 Å². The van der Waals surface area contributed by atoms with Gasteiger partial charge in [-0.1, -0.05) is 6.07 Å². The first-order valence-electron chi connectivity index (χ1n) is 8.67. The molecule has 0 saturated carbocycles. The summed E-state index contributed by atoms with van der Waals surface area (Å²) in [5.74, 6) is 1.44. The highest BCUT2D eigenvalue weighted by molar-refractivity contribution is 5.75. The molecule has 0 unspecified atom stereocenters. The van der Waals surface area contributed by atoms with Crippen molar-refractivity contribution in [3.8, 4) is 0 Å². The molecule has 0 atom stereocenters. The predicted molar refractivity (Wildman–Crippen MR) is 101 cm³/mol. The minimum atomic E-state index is -0.0963. The number of pyridine rings is 2. The van der Waals surface area contributed by atoms with Crippen molar-refractivity contribution in [1.29, 1.82) is 0 Å². The number of morpholine rings is 1. The van der Waals surface area contributed by atoms with E-state index >= 15 is 0 Å². The van der Waals surface area contributed by atoms with Crippen LogP contribution in [0.1, 0.15) is 11.1 Å².